The van der Waals surface area contributed by atoms with Gasteiger partial charge in [0.05, 0.1) is 11.2 Å². The molecule has 5 rings (SSSR count). The van der Waals surface area contributed by atoms with Crippen LogP contribution in [0.2, 0.25) is 0 Å². The van der Waals surface area contributed by atoms with Crippen molar-refractivity contribution in [2.45, 2.75) is 49.6 Å². The number of para-hydroxylation sites is 1. The molecule has 1 aliphatic rings. The molecule has 4 aromatic rings. The first-order valence-corrected chi connectivity index (χ1v) is 11.7. The van der Waals surface area contributed by atoms with E-state index in [9.17, 15) is 4.79 Å². The number of nitrogens with zero attached hydrogens (tertiary/aromatic N) is 4. The van der Waals surface area contributed by atoms with Gasteiger partial charge in [0.15, 0.2) is 11.0 Å². The molecule has 0 atom stereocenters. The lowest BCUT2D eigenvalue weighted by Crippen LogP contribution is -2.16. The Morgan fingerprint density at radius 1 is 1.00 bits per heavy atom. The molecular weight excluding hydrogens is 404 g/mol. The summed E-state index contributed by atoms with van der Waals surface area (Å²) in [5, 5.41) is 11.6. The van der Waals surface area contributed by atoms with E-state index in [-0.39, 0.29) is 0 Å². The van der Waals surface area contributed by atoms with Gasteiger partial charge in [-0.15, -0.1) is 10.2 Å². The second kappa shape index (κ2) is 8.63. The van der Waals surface area contributed by atoms with Crippen LogP contribution in [-0.4, -0.2) is 30.8 Å². The molecule has 0 radical (unpaired) electrons. The molecule has 0 N–H and O–H groups in total. The minimum absolute atomic E-state index is 0.381. The number of ketones is 1. The van der Waals surface area contributed by atoms with E-state index in [0.29, 0.717) is 23.9 Å². The number of fused-ring (bicyclic) bond motifs is 1. The molecule has 2 heterocycles. The van der Waals surface area contributed by atoms with Gasteiger partial charge in [-0.3, -0.25) is 4.79 Å². The number of aromatic nitrogens is 4. The van der Waals surface area contributed by atoms with E-state index in [1.165, 1.54) is 0 Å². The van der Waals surface area contributed by atoms with Crippen molar-refractivity contribution >= 4 is 28.4 Å². The number of rotatable bonds is 5. The Bertz CT molecular complexity index is 1220. The zero-order valence-corrected chi connectivity index (χ0v) is 18.3. The summed E-state index contributed by atoms with van der Waals surface area (Å²) in [5.74, 6) is 1.25. The molecule has 2 aromatic heterocycles. The first-order valence-electron chi connectivity index (χ1n) is 10.8. The molecule has 0 amide bonds. The maximum atomic E-state index is 11.6. The van der Waals surface area contributed by atoms with Crippen molar-refractivity contribution in [2.75, 3.05) is 0 Å². The number of pyridine rings is 1. The van der Waals surface area contributed by atoms with Crippen LogP contribution in [0.3, 0.4) is 0 Å². The van der Waals surface area contributed by atoms with E-state index in [1.54, 1.807) is 11.8 Å². The highest BCUT2D eigenvalue weighted by atomic mass is 32.2. The summed E-state index contributed by atoms with van der Waals surface area (Å²) < 4.78 is 2.19. The molecule has 31 heavy (non-hydrogen) atoms. The van der Waals surface area contributed by atoms with E-state index in [2.05, 4.69) is 46.0 Å². The number of carbonyl (C=O) groups excluding carboxylic acids is 1. The highest BCUT2D eigenvalue weighted by Crippen LogP contribution is 2.36. The number of benzene rings is 2. The van der Waals surface area contributed by atoms with E-state index < -0.39 is 0 Å². The fourth-order valence-corrected chi connectivity index (χ4v) is 5.36. The van der Waals surface area contributed by atoms with Crippen molar-refractivity contribution in [3.8, 4) is 22.6 Å². The third-order valence-corrected chi connectivity index (χ3v) is 7.14. The molecule has 0 bridgehead atoms. The van der Waals surface area contributed by atoms with Crippen LogP contribution in [0.15, 0.2) is 65.8 Å². The third-order valence-electron chi connectivity index (χ3n) is 5.82. The highest BCUT2D eigenvalue weighted by Gasteiger charge is 2.24. The molecule has 1 aliphatic carbocycles. The van der Waals surface area contributed by atoms with Crippen molar-refractivity contribution in [3.05, 3.63) is 60.7 Å². The topological polar surface area (TPSA) is 60.7 Å². The van der Waals surface area contributed by atoms with E-state index in [4.69, 9.17) is 4.98 Å². The van der Waals surface area contributed by atoms with Crippen LogP contribution in [0, 0.1) is 0 Å². The molecule has 0 saturated heterocycles. The Labute approximate surface area is 185 Å². The van der Waals surface area contributed by atoms with Gasteiger partial charge in [0, 0.05) is 41.1 Å². The molecule has 0 unspecified atom stereocenters. The Morgan fingerprint density at radius 3 is 2.52 bits per heavy atom. The summed E-state index contributed by atoms with van der Waals surface area (Å²) >= 11 is 1.76. The summed E-state index contributed by atoms with van der Waals surface area (Å²) in [4.78, 5) is 16.5. The van der Waals surface area contributed by atoms with Crippen LogP contribution in [0.1, 0.15) is 32.6 Å². The van der Waals surface area contributed by atoms with Crippen LogP contribution >= 0.6 is 11.8 Å². The number of thioether (sulfide) groups is 1. The Kier molecular flexibility index (Phi) is 5.55. The predicted molar refractivity (Wildman–Crippen MR) is 125 cm³/mol. The predicted octanol–water partition coefficient (Wildman–Crippen LogP) is 5.78. The van der Waals surface area contributed by atoms with Crippen LogP contribution in [0.4, 0.5) is 0 Å². The first-order chi connectivity index (χ1) is 15.2. The van der Waals surface area contributed by atoms with Gasteiger partial charge in [0.1, 0.15) is 5.78 Å². The summed E-state index contributed by atoms with van der Waals surface area (Å²) in [5.41, 5.74) is 4.01. The van der Waals surface area contributed by atoms with Crippen LogP contribution in [-0.2, 0) is 11.3 Å². The number of Topliss-reactive ketones (excluding diaryl/α,β-unsaturated/α-hetero) is 1. The number of hydrogen-bond acceptors (Lipinski definition) is 5. The number of carbonyl (C=O) groups is 1. The number of hydrogen-bond donors (Lipinski definition) is 0. The normalized spacial score (nSPS) is 14.9. The second-order valence-corrected chi connectivity index (χ2v) is 9.11. The fourth-order valence-electron chi connectivity index (χ4n) is 4.16. The molecule has 0 aliphatic heterocycles. The SMILES string of the molecule is CCn1c(SC2CCC(=O)CC2)nnc1-c1cc(-c2ccccc2)nc2ccccc12. The zero-order valence-electron chi connectivity index (χ0n) is 17.5. The van der Waals surface area contributed by atoms with Gasteiger partial charge >= 0.3 is 0 Å². The zero-order chi connectivity index (χ0) is 21.2. The van der Waals surface area contributed by atoms with E-state index >= 15 is 0 Å². The van der Waals surface area contributed by atoms with Gasteiger partial charge in [-0.1, -0.05) is 60.3 Å². The maximum Gasteiger partial charge on any atom is 0.191 e. The summed E-state index contributed by atoms with van der Waals surface area (Å²) in [6.07, 6.45) is 3.21. The molecule has 2 aromatic carbocycles. The van der Waals surface area contributed by atoms with Crippen molar-refractivity contribution < 1.29 is 4.79 Å². The summed E-state index contributed by atoms with van der Waals surface area (Å²) in [6, 6.07) is 20.6. The lowest BCUT2D eigenvalue weighted by Gasteiger charge is -2.20. The lowest BCUT2D eigenvalue weighted by atomic mass is 9.99. The van der Waals surface area contributed by atoms with Crippen molar-refractivity contribution in [2.24, 2.45) is 0 Å². The van der Waals surface area contributed by atoms with Crippen LogP contribution in [0.5, 0.6) is 0 Å². The van der Waals surface area contributed by atoms with Gasteiger partial charge < -0.3 is 4.57 Å². The maximum absolute atomic E-state index is 11.6. The molecule has 6 heteroatoms. The summed E-state index contributed by atoms with van der Waals surface area (Å²) in [6.45, 7) is 2.91. The van der Waals surface area contributed by atoms with Crippen LogP contribution in [0.25, 0.3) is 33.5 Å². The minimum Gasteiger partial charge on any atom is -0.302 e. The summed E-state index contributed by atoms with van der Waals surface area (Å²) in [7, 11) is 0. The van der Waals surface area contributed by atoms with Crippen LogP contribution < -0.4 is 0 Å². The van der Waals surface area contributed by atoms with Gasteiger partial charge in [-0.05, 0) is 31.9 Å². The largest absolute Gasteiger partial charge is 0.302 e. The Morgan fingerprint density at radius 2 is 1.74 bits per heavy atom. The molecule has 1 saturated carbocycles. The van der Waals surface area contributed by atoms with Crippen molar-refractivity contribution in [1.29, 1.82) is 0 Å². The third kappa shape index (κ3) is 4.00. The molecule has 156 valence electrons. The quantitative estimate of drug-likeness (QED) is 0.403. The second-order valence-electron chi connectivity index (χ2n) is 7.84. The average molecular weight is 429 g/mol. The molecule has 1 fully saturated rings. The average Bonchev–Trinajstić information content (AvgIpc) is 3.22. The van der Waals surface area contributed by atoms with Crippen molar-refractivity contribution in [1.82, 2.24) is 19.7 Å². The molecule has 5 nitrogen and oxygen atoms in total. The Balaban J connectivity index is 1.59. The van der Waals surface area contributed by atoms with Crippen molar-refractivity contribution in [3.63, 3.8) is 0 Å². The van der Waals surface area contributed by atoms with Gasteiger partial charge in [-0.25, -0.2) is 4.98 Å². The lowest BCUT2D eigenvalue weighted by molar-refractivity contribution is -0.120. The van der Waals surface area contributed by atoms with E-state index in [1.807, 2.05) is 36.4 Å². The molecular formula is C25H24N4OS. The van der Waals surface area contributed by atoms with Gasteiger partial charge in [0.25, 0.3) is 0 Å². The van der Waals surface area contributed by atoms with E-state index in [0.717, 1.165) is 58.1 Å². The fraction of sp³-hybridized carbons (Fsp3) is 0.280. The molecule has 0 spiro atoms. The van der Waals surface area contributed by atoms with Gasteiger partial charge in [0.2, 0.25) is 0 Å². The monoisotopic (exact) mass is 428 g/mol. The smallest absolute Gasteiger partial charge is 0.191 e. The first kappa shape index (κ1) is 19.9. The minimum atomic E-state index is 0.381. The highest BCUT2D eigenvalue weighted by molar-refractivity contribution is 7.99. The Hall–Kier alpha value is -2.99. The standard InChI is InChI=1S/C25H24N4OS/c1-2-29-24(27-28-25(29)31-19-14-12-18(30)13-15-19)21-16-23(17-8-4-3-5-9-17)26-22-11-7-6-10-20(21)22/h3-11,16,19H,2,12-15H2,1H3. The van der Waals surface area contributed by atoms with Gasteiger partial charge in [-0.2, -0.15) is 0 Å².